The van der Waals surface area contributed by atoms with Crippen LogP contribution in [0.1, 0.15) is 11.6 Å². The molecule has 0 saturated carbocycles. The first kappa shape index (κ1) is 9.89. The molecule has 0 aliphatic rings. The van der Waals surface area contributed by atoms with Gasteiger partial charge in [0.15, 0.2) is 0 Å². The highest BCUT2D eigenvalue weighted by Gasteiger charge is 2.11. The number of aromatic hydroxyl groups is 1. The zero-order valence-electron chi connectivity index (χ0n) is 8.09. The lowest BCUT2D eigenvalue weighted by molar-refractivity contribution is 0.265. The summed E-state index contributed by atoms with van der Waals surface area (Å²) in [5.41, 5.74) is 6.91. The van der Waals surface area contributed by atoms with Crippen molar-refractivity contribution in [2.45, 2.75) is 6.04 Å². The van der Waals surface area contributed by atoms with E-state index in [1.807, 2.05) is 12.1 Å². The largest absolute Gasteiger partial charge is 0.508 e. The molecule has 0 aliphatic heterocycles. The number of phenolic OH excluding ortho intramolecular Hbond substituents is 1. The summed E-state index contributed by atoms with van der Waals surface area (Å²) in [6, 6.07) is 6.44. The Labute approximate surface area is 87.0 Å². The summed E-state index contributed by atoms with van der Waals surface area (Å²) in [4.78, 5) is 4.10. The topological polar surface area (TPSA) is 79.4 Å². The predicted molar refractivity (Wildman–Crippen MR) is 57.4 cm³/mol. The van der Waals surface area contributed by atoms with E-state index in [0.717, 1.165) is 5.39 Å². The smallest absolute Gasteiger partial charge is 0.122 e. The van der Waals surface area contributed by atoms with Crippen molar-refractivity contribution < 1.29 is 10.2 Å². The lowest BCUT2D eigenvalue weighted by Crippen LogP contribution is -2.14. The molecular formula is C11H12N2O2. The minimum Gasteiger partial charge on any atom is -0.508 e. The Balaban J connectivity index is 2.61. The van der Waals surface area contributed by atoms with Crippen LogP contribution in [0.2, 0.25) is 0 Å². The lowest BCUT2D eigenvalue weighted by atomic mass is 10.0. The van der Waals surface area contributed by atoms with Crippen LogP contribution in [0, 0.1) is 0 Å². The van der Waals surface area contributed by atoms with E-state index < -0.39 is 6.04 Å². The van der Waals surface area contributed by atoms with Gasteiger partial charge in [0.2, 0.25) is 0 Å². The molecule has 0 radical (unpaired) electrons. The number of aromatic nitrogens is 1. The lowest BCUT2D eigenvalue weighted by Gasteiger charge is -2.11. The monoisotopic (exact) mass is 204 g/mol. The van der Waals surface area contributed by atoms with Crippen molar-refractivity contribution in [2.75, 3.05) is 6.61 Å². The van der Waals surface area contributed by atoms with Crippen molar-refractivity contribution in [3.8, 4) is 5.75 Å². The molecule has 0 fully saturated rings. The average molecular weight is 204 g/mol. The fourth-order valence-corrected chi connectivity index (χ4v) is 1.52. The molecule has 2 rings (SSSR count). The fraction of sp³-hybridized carbons (Fsp3) is 0.182. The highest BCUT2D eigenvalue weighted by atomic mass is 16.3. The summed E-state index contributed by atoms with van der Waals surface area (Å²) in [5, 5.41) is 19.5. The molecule has 4 heteroatoms. The molecule has 0 aliphatic carbocycles. The van der Waals surface area contributed by atoms with Crippen molar-refractivity contribution in [2.24, 2.45) is 5.73 Å². The number of nitrogens with zero attached hydrogens (tertiary/aromatic N) is 1. The van der Waals surface area contributed by atoms with Gasteiger partial charge < -0.3 is 15.9 Å². The second-order valence-corrected chi connectivity index (χ2v) is 3.40. The van der Waals surface area contributed by atoms with Gasteiger partial charge in [-0.25, -0.2) is 0 Å². The highest BCUT2D eigenvalue weighted by Crippen LogP contribution is 2.27. The van der Waals surface area contributed by atoms with Crippen molar-refractivity contribution in [3.63, 3.8) is 0 Å². The van der Waals surface area contributed by atoms with Crippen LogP contribution in [0.5, 0.6) is 5.75 Å². The van der Waals surface area contributed by atoms with Crippen LogP contribution in [0.15, 0.2) is 30.5 Å². The van der Waals surface area contributed by atoms with Gasteiger partial charge in [-0.2, -0.15) is 0 Å². The average Bonchev–Trinajstić information content (AvgIpc) is 2.27. The van der Waals surface area contributed by atoms with Crippen LogP contribution in [0.3, 0.4) is 0 Å². The Morgan fingerprint density at radius 3 is 2.93 bits per heavy atom. The van der Waals surface area contributed by atoms with Gasteiger partial charge in [0.1, 0.15) is 5.75 Å². The minimum absolute atomic E-state index is 0.0720. The molecule has 1 aromatic heterocycles. The van der Waals surface area contributed by atoms with E-state index in [2.05, 4.69) is 4.98 Å². The van der Waals surface area contributed by atoms with E-state index in [9.17, 15) is 5.11 Å². The van der Waals surface area contributed by atoms with E-state index in [-0.39, 0.29) is 12.4 Å². The number of aliphatic hydroxyl groups excluding tert-OH is 1. The quantitative estimate of drug-likeness (QED) is 0.680. The van der Waals surface area contributed by atoms with Gasteiger partial charge >= 0.3 is 0 Å². The molecular weight excluding hydrogens is 192 g/mol. The van der Waals surface area contributed by atoms with Gasteiger partial charge in [-0.1, -0.05) is 6.07 Å². The molecule has 0 spiro atoms. The van der Waals surface area contributed by atoms with Crippen molar-refractivity contribution >= 4 is 10.9 Å². The normalized spacial score (nSPS) is 12.9. The van der Waals surface area contributed by atoms with Crippen LogP contribution >= 0.6 is 0 Å². The first-order valence-electron chi connectivity index (χ1n) is 4.66. The SMILES string of the molecule is N[C@H](CO)c1cc2cccnc2cc1O. The van der Waals surface area contributed by atoms with Crippen LogP contribution < -0.4 is 5.73 Å². The zero-order chi connectivity index (χ0) is 10.8. The molecule has 1 heterocycles. The summed E-state index contributed by atoms with van der Waals surface area (Å²) < 4.78 is 0. The molecule has 0 amide bonds. The minimum atomic E-state index is -0.561. The number of phenols is 1. The Morgan fingerprint density at radius 2 is 2.20 bits per heavy atom. The first-order chi connectivity index (χ1) is 7.22. The third-order valence-electron chi connectivity index (χ3n) is 2.35. The molecule has 0 bridgehead atoms. The van der Waals surface area contributed by atoms with Crippen LogP contribution in [-0.4, -0.2) is 21.8 Å². The molecule has 0 unspecified atom stereocenters. The third kappa shape index (κ3) is 1.77. The van der Waals surface area contributed by atoms with E-state index in [0.29, 0.717) is 11.1 Å². The summed E-state index contributed by atoms with van der Waals surface area (Å²) in [5.74, 6) is 0.0720. The van der Waals surface area contributed by atoms with E-state index in [4.69, 9.17) is 10.8 Å². The van der Waals surface area contributed by atoms with Gasteiger partial charge in [0.05, 0.1) is 18.2 Å². The van der Waals surface area contributed by atoms with Crippen molar-refractivity contribution in [1.82, 2.24) is 4.98 Å². The number of aliphatic hydroxyl groups is 1. The van der Waals surface area contributed by atoms with Crippen LogP contribution in [0.4, 0.5) is 0 Å². The fourth-order valence-electron chi connectivity index (χ4n) is 1.52. The second-order valence-electron chi connectivity index (χ2n) is 3.40. The summed E-state index contributed by atoms with van der Waals surface area (Å²) in [6.07, 6.45) is 1.66. The Hall–Kier alpha value is -1.65. The maximum absolute atomic E-state index is 9.68. The van der Waals surface area contributed by atoms with Gasteiger partial charge in [-0.3, -0.25) is 4.98 Å². The number of hydrogen-bond donors (Lipinski definition) is 3. The molecule has 1 atom stereocenters. The Morgan fingerprint density at radius 1 is 1.40 bits per heavy atom. The molecule has 1 aromatic carbocycles. The predicted octanol–water partition coefficient (Wildman–Crippen LogP) is 0.932. The molecule has 0 saturated heterocycles. The number of benzene rings is 1. The molecule has 4 nitrogen and oxygen atoms in total. The first-order valence-corrected chi connectivity index (χ1v) is 4.66. The number of rotatable bonds is 2. The van der Waals surface area contributed by atoms with E-state index in [1.54, 1.807) is 18.3 Å². The number of nitrogens with two attached hydrogens (primary N) is 1. The van der Waals surface area contributed by atoms with Gasteiger partial charge in [0.25, 0.3) is 0 Å². The molecule has 2 aromatic rings. The highest BCUT2D eigenvalue weighted by molar-refractivity contribution is 5.81. The van der Waals surface area contributed by atoms with Gasteiger partial charge in [-0.05, 0) is 12.1 Å². The third-order valence-corrected chi connectivity index (χ3v) is 2.35. The Bertz CT molecular complexity index is 485. The summed E-state index contributed by atoms with van der Waals surface area (Å²) in [7, 11) is 0. The van der Waals surface area contributed by atoms with E-state index >= 15 is 0 Å². The van der Waals surface area contributed by atoms with Gasteiger partial charge in [0, 0.05) is 23.2 Å². The van der Waals surface area contributed by atoms with Crippen molar-refractivity contribution in [1.29, 1.82) is 0 Å². The van der Waals surface area contributed by atoms with Gasteiger partial charge in [-0.15, -0.1) is 0 Å². The Kier molecular flexibility index (Phi) is 2.53. The number of pyridine rings is 1. The van der Waals surface area contributed by atoms with Crippen LogP contribution in [0.25, 0.3) is 10.9 Å². The molecule has 4 N–H and O–H groups in total. The summed E-state index contributed by atoms with van der Waals surface area (Å²) in [6.45, 7) is -0.195. The summed E-state index contributed by atoms with van der Waals surface area (Å²) >= 11 is 0. The zero-order valence-corrected chi connectivity index (χ0v) is 8.09. The molecule has 78 valence electrons. The maximum atomic E-state index is 9.68. The van der Waals surface area contributed by atoms with E-state index in [1.165, 1.54) is 0 Å². The number of fused-ring (bicyclic) bond motifs is 1. The molecule has 15 heavy (non-hydrogen) atoms. The maximum Gasteiger partial charge on any atom is 0.122 e. The standard InChI is InChI=1S/C11H12N2O2/c12-9(6-14)8-4-7-2-1-3-13-10(7)5-11(8)15/h1-5,9,14-15H,6,12H2/t9-/m1/s1. The second kappa shape index (κ2) is 3.84. The van der Waals surface area contributed by atoms with Crippen molar-refractivity contribution in [3.05, 3.63) is 36.0 Å². The number of hydrogen-bond acceptors (Lipinski definition) is 4. The van der Waals surface area contributed by atoms with Crippen LogP contribution in [-0.2, 0) is 0 Å².